The Morgan fingerprint density at radius 2 is 2.12 bits per heavy atom. The first-order valence-corrected chi connectivity index (χ1v) is 6.47. The molecule has 0 saturated carbocycles. The Hall–Kier alpha value is -1.32. The second-order valence-corrected chi connectivity index (χ2v) is 4.82. The van der Waals surface area contributed by atoms with E-state index in [-0.39, 0.29) is 18.0 Å². The maximum absolute atomic E-state index is 12.4. The van der Waals surface area contributed by atoms with Crippen LogP contribution in [0.3, 0.4) is 0 Å². The second kappa shape index (κ2) is 4.51. The van der Waals surface area contributed by atoms with Crippen molar-refractivity contribution in [3.8, 4) is 0 Å². The van der Waals surface area contributed by atoms with Gasteiger partial charge in [0.25, 0.3) is 5.91 Å². The number of imide groups is 1. The standard InChI is InChI=1S/C13H20N2O2/c1-3-13(4-2)11(16)15(12(17)14-13)10-8-6-5-7-9-10/h6,8,10H,3-5,7,9H2,1-2H3,(H,14,17). The third-order valence-corrected chi connectivity index (χ3v) is 3.96. The number of hydrogen-bond acceptors (Lipinski definition) is 2. The maximum atomic E-state index is 12.4. The van der Waals surface area contributed by atoms with Crippen molar-refractivity contribution in [2.24, 2.45) is 0 Å². The number of amides is 3. The predicted octanol–water partition coefficient (Wildman–Crippen LogP) is 2.21. The summed E-state index contributed by atoms with van der Waals surface area (Å²) < 4.78 is 0. The summed E-state index contributed by atoms with van der Waals surface area (Å²) in [5.41, 5.74) is -0.664. The van der Waals surface area contributed by atoms with Crippen LogP contribution >= 0.6 is 0 Å². The zero-order chi connectivity index (χ0) is 12.5. The van der Waals surface area contributed by atoms with Gasteiger partial charge in [0.15, 0.2) is 0 Å². The van der Waals surface area contributed by atoms with Crippen LogP contribution in [0.25, 0.3) is 0 Å². The van der Waals surface area contributed by atoms with Crippen molar-refractivity contribution in [3.05, 3.63) is 12.2 Å². The molecule has 0 spiro atoms. The Bertz CT molecular complexity index is 358. The minimum atomic E-state index is -0.664. The van der Waals surface area contributed by atoms with E-state index in [0.717, 1.165) is 19.3 Å². The van der Waals surface area contributed by atoms with E-state index in [4.69, 9.17) is 0 Å². The third-order valence-electron chi connectivity index (χ3n) is 3.96. The summed E-state index contributed by atoms with van der Waals surface area (Å²) in [4.78, 5) is 25.8. The molecule has 1 N–H and O–H groups in total. The largest absolute Gasteiger partial charge is 0.325 e. The number of nitrogens with one attached hydrogen (secondary N) is 1. The van der Waals surface area contributed by atoms with Crippen LogP contribution in [0.4, 0.5) is 4.79 Å². The lowest BCUT2D eigenvalue weighted by Crippen LogP contribution is -2.46. The van der Waals surface area contributed by atoms with E-state index < -0.39 is 5.54 Å². The molecule has 4 heteroatoms. The van der Waals surface area contributed by atoms with Gasteiger partial charge in [-0.25, -0.2) is 4.79 Å². The highest BCUT2D eigenvalue weighted by Crippen LogP contribution is 2.29. The number of rotatable bonds is 3. The van der Waals surface area contributed by atoms with E-state index in [9.17, 15) is 9.59 Å². The first-order valence-electron chi connectivity index (χ1n) is 6.47. The molecule has 1 fully saturated rings. The van der Waals surface area contributed by atoms with Crippen molar-refractivity contribution >= 4 is 11.9 Å². The average Bonchev–Trinajstić information content (AvgIpc) is 2.62. The topological polar surface area (TPSA) is 49.4 Å². The Balaban J connectivity index is 2.24. The minimum absolute atomic E-state index is 0.0452. The van der Waals surface area contributed by atoms with Crippen molar-refractivity contribution in [1.29, 1.82) is 0 Å². The molecule has 1 unspecified atom stereocenters. The zero-order valence-electron chi connectivity index (χ0n) is 10.5. The monoisotopic (exact) mass is 236 g/mol. The van der Waals surface area contributed by atoms with Crippen molar-refractivity contribution in [2.45, 2.75) is 57.5 Å². The molecule has 94 valence electrons. The highest BCUT2D eigenvalue weighted by molar-refractivity contribution is 6.07. The fourth-order valence-corrected chi connectivity index (χ4v) is 2.68. The molecule has 0 aromatic rings. The number of nitrogens with zero attached hydrogens (tertiary/aromatic N) is 1. The number of carbonyl (C=O) groups excluding carboxylic acids is 2. The van der Waals surface area contributed by atoms with Gasteiger partial charge in [-0.05, 0) is 32.1 Å². The van der Waals surface area contributed by atoms with Crippen LogP contribution in [-0.2, 0) is 4.79 Å². The fraction of sp³-hybridized carbons (Fsp3) is 0.692. The molecule has 0 bridgehead atoms. The molecule has 0 aromatic carbocycles. The molecule has 17 heavy (non-hydrogen) atoms. The van der Waals surface area contributed by atoms with Crippen molar-refractivity contribution < 1.29 is 9.59 Å². The molecule has 3 amide bonds. The Morgan fingerprint density at radius 3 is 2.59 bits per heavy atom. The van der Waals surface area contributed by atoms with E-state index >= 15 is 0 Å². The van der Waals surface area contributed by atoms with Gasteiger partial charge < -0.3 is 5.32 Å². The maximum Gasteiger partial charge on any atom is 0.325 e. The van der Waals surface area contributed by atoms with Crippen molar-refractivity contribution in [1.82, 2.24) is 10.2 Å². The molecule has 0 radical (unpaired) electrons. The fourth-order valence-electron chi connectivity index (χ4n) is 2.68. The SMILES string of the molecule is CCC1(CC)NC(=O)N(C2C=CCCC2)C1=O. The average molecular weight is 236 g/mol. The first kappa shape index (κ1) is 12.1. The summed E-state index contributed by atoms with van der Waals surface area (Å²) in [6.45, 7) is 3.89. The van der Waals surface area contributed by atoms with Crippen LogP contribution in [0.5, 0.6) is 0 Å². The van der Waals surface area contributed by atoms with Gasteiger partial charge in [-0.3, -0.25) is 9.69 Å². The van der Waals surface area contributed by atoms with Gasteiger partial charge in [0.05, 0.1) is 6.04 Å². The van der Waals surface area contributed by atoms with Gasteiger partial charge in [-0.1, -0.05) is 26.0 Å². The molecule has 1 heterocycles. The summed E-state index contributed by atoms with van der Waals surface area (Å²) >= 11 is 0. The Kier molecular flexibility index (Phi) is 3.22. The van der Waals surface area contributed by atoms with Crippen LogP contribution < -0.4 is 5.32 Å². The van der Waals surface area contributed by atoms with Crippen LogP contribution in [-0.4, -0.2) is 28.4 Å². The first-order chi connectivity index (χ1) is 8.14. The number of carbonyl (C=O) groups is 2. The van der Waals surface area contributed by atoms with E-state index in [2.05, 4.69) is 11.4 Å². The molecule has 2 aliphatic rings. The Labute approximate surface area is 102 Å². The molecule has 4 nitrogen and oxygen atoms in total. The highest BCUT2D eigenvalue weighted by Gasteiger charge is 2.50. The van der Waals surface area contributed by atoms with Gasteiger partial charge in [-0.15, -0.1) is 0 Å². The van der Waals surface area contributed by atoms with Crippen LogP contribution in [0.1, 0.15) is 46.0 Å². The summed E-state index contributed by atoms with van der Waals surface area (Å²) in [7, 11) is 0. The summed E-state index contributed by atoms with van der Waals surface area (Å²) in [5.74, 6) is -0.0518. The molecule has 1 saturated heterocycles. The van der Waals surface area contributed by atoms with E-state index in [1.807, 2.05) is 19.9 Å². The summed E-state index contributed by atoms with van der Waals surface area (Å²) in [5, 5.41) is 2.87. The molecule has 1 aliphatic heterocycles. The molecule has 0 aromatic heterocycles. The van der Waals surface area contributed by atoms with Crippen LogP contribution in [0.2, 0.25) is 0 Å². The normalized spacial score (nSPS) is 27.4. The Morgan fingerprint density at radius 1 is 1.41 bits per heavy atom. The highest BCUT2D eigenvalue weighted by atomic mass is 16.2. The molecular weight excluding hydrogens is 216 g/mol. The molecular formula is C13H20N2O2. The van der Waals surface area contributed by atoms with Gasteiger partial charge in [0.2, 0.25) is 0 Å². The third kappa shape index (κ3) is 1.85. The van der Waals surface area contributed by atoms with E-state index in [1.165, 1.54) is 4.90 Å². The summed E-state index contributed by atoms with van der Waals surface area (Å²) in [6.07, 6.45) is 8.34. The molecule has 1 aliphatic carbocycles. The minimum Gasteiger partial charge on any atom is -0.323 e. The van der Waals surface area contributed by atoms with Gasteiger partial charge in [0.1, 0.15) is 5.54 Å². The quantitative estimate of drug-likeness (QED) is 0.603. The summed E-state index contributed by atoms with van der Waals surface area (Å²) in [6, 6.07) is -0.272. The van der Waals surface area contributed by atoms with E-state index in [1.54, 1.807) is 0 Å². The lowest BCUT2D eigenvalue weighted by atomic mass is 9.92. The zero-order valence-corrected chi connectivity index (χ0v) is 10.5. The van der Waals surface area contributed by atoms with Gasteiger partial charge in [0, 0.05) is 0 Å². The van der Waals surface area contributed by atoms with Gasteiger partial charge in [-0.2, -0.15) is 0 Å². The lowest BCUT2D eigenvalue weighted by molar-refractivity contribution is -0.132. The number of urea groups is 1. The molecule has 1 atom stereocenters. The second-order valence-electron chi connectivity index (χ2n) is 4.82. The van der Waals surface area contributed by atoms with Gasteiger partial charge >= 0.3 is 6.03 Å². The van der Waals surface area contributed by atoms with Crippen LogP contribution in [0, 0.1) is 0 Å². The molecule has 2 rings (SSSR count). The predicted molar refractivity (Wildman–Crippen MR) is 65.5 cm³/mol. The van der Waals surface area contributed by atoms with Crippen molar-refractivity contribution in [2.75, 3.05) is 0 Å². The van der Waals surface area contributed by atoms with E-state index in [0.29, 0.717) is 12.8 Å². The number of allylic oxidation sites excluding steroid dienone is 1. The van der Waals surface area contributed by atoms with Crippen LogP contribution in [0.15, 0.2) is 12.2 Å². The lowest BCUT2D eigenvalue weighted by Gasteiger charge is -2.27. The number of hydrogen-bond donors (Lipinski definition) is 1. The van der Waals surface area contributed by atoms with Crippen molar-refractivity contribution in [3.63, 3.8) is 0 Å². The smallest absolute Gasteiger partial charge is 0.323 e.